The van der Waals surface area contributed by atoms with Crippen LogP contribution in [0.25, 0.3) is 0 Å². The number of thiophene rings is 1. The average Bonchev–Trinajstić information content (AvgIpc) is 2.44. The molecule has 0 saturated carbocycles. The summed E-state index contributed by atoms with van der Waals surface area (Å²) >= 11 is 1.39. The van der Waals surface area contributed by atoms with E-state index >= 15 is 0 Å². The Morgan fingerprint density at radius 1 is 1.33 bits per heavy atom. The molecule has 1 aliphatic rings. The van der Waals surface area contributed by atoms with Gasteiger partial charge in [0.15, 0.2) is 5.78 Å². The lowest BCUT2D eigenvalue weighted by molar-refractivity contribution is -0.116. The molecule has 0 fully saturated rings. The summed E-state index contributed by atoms with van der Waals surface area (Å²) in [7, 11) is 0. The van der Waals surface area contributed by atoms with Crippen molar-refractivity contribution < 1.29 is 9.59 Å². The van der Waals surface area contributed by atoms with Gasteiger partial charge in [0.1, 0.15) is 5.00 Å². The molecule has 62 valence electrons. The molecule has 1 amide bonds. The molecule has 4 heteroatoms. The van der Waals surface area contributed by atoms with Gasteiger partial charge in [-0.15, -0.1) is 11.3 Å². The van der Waals surface area contributed by atoms with Gasteiger partial charge in [0.05, 0.1) is 5.56 Å². The lowest BCUT2D eigenvalue weighted by Gasteiger charge is -1.96. The highest BCUT2D eigenvalue weighted by Gasteiger charge is 2.19. The Labute approximate surface area is 73.4 Å². The third-order valence-electron chi connectivity index (χ3n) is 1.80. The van der Waals surface area contributed by atoms with Gasteiger partial charge in [-0.3, -0.25) is 9.59 Å². The zero-order valence-corrected chi connectivity index (χ0v) is 7.11. The fourth-order valence-electron chi connectivity index (χ4n) is 1.18. The maximum atomic E-state index is 11.3. The molecule has 2 heterocycles. The van der Waals surface area contributed by atoms with Crippen LogP contribution in [0.5, 0.6) is 0 Å². The molecule has 12 heavy (non-hydrogen) atoms. The Balaban J connectivity index is 2.45. The maximum absolute atomic E-state index is 11.3. The topological polar surface area (TPSA) is 46.2 Å². The van der Waals surface area contributed by atoms with Crippen molar-refractivity contribution in [3.8, 4) is 0 Å². The zero-order valence-electron chi connectivity index (χ0n) is 6.29. The average molecular weight is 181 g/mol. The van der Waals surface area contributed by atoms with Gasteiger partial charge in [-0.1, -0.05) is 0 Å². The molecule has 0 saturated heterocycles. The van der Waals surface area contributed by atoms with E-state index in [0.717, 1.165) is 0 Å². The molecule has 0 bridgehead atoms. The third-order valence-corrected chi connectivity index (χ3v) is 2.63. The van der Waals surface area contributed by atoms with Gasteiger partial charge in [-0.05, 0) is 11.4 Å². The van der Waals surface area contributed by atoms with Gasteiger partial charge < -0.3 is 5.32 Å². The predicted octanol–water partition coefficient (Wildman–Crippen LogP) is 1.66. The lowest BCUT2D eigenvalue weighted by Crippen LogP contribution is -2.07. The van der Waals surface area contributed by atoms with Crippen molar-refractivity contribution in [2.75, 3.05) is 5.32 Å². The molecule has 1 aromatic heterocycles. The summed E-state index contributed by atoms with van der Waals surface area (Å²) in [4.78, 5) is 22.4. The Bertz CT molecular complexity index is 343. The number of amides is 1. The fourth-order valence-corrected chi connectivity index (χ4v) is 2.00. The van der Waals surface area contributed by atoms with E-state index in [-0.39, 0.29) is 11.7 Å². The van der Waals surface area contributed by atoms with Crippen LogP contribution in [0.15, 0.2) is 11.4 Å². The molecule has 1 N–H and O–H groups in total. The Kier molecular flexibility index (Phi) is 1.69. The Morgan fingerprint density at radius 3 is 3.00 bits per heavy atom. The molecule has 0 radical (unpaired) electrons. The van der Waals surface area contributed by atoms with E-state index in [1.807, 2.05) is 5.38 Å². The van der Waals surface area contributed by atoms with Gasteiger partial charge >= 0.3 is 0 Å². The van der Waals surface area contributed by atoms with Crippen LogP contribution in [0.3, 0.4) is 0 Å². The number of fused-ring (bicyclic) bond motifs is 1. The SMILES string of the molecule is O=C1CCC(=O)c2ccsc2N1. The van der Waals surface area contributed by atoms with E-state index in [4.69, 9.17) is 0 Å². The molecule has 3 nitrogen and oxygen atoms in total. The van der Waals surface area contributed by atoms with Crippen molar-refractivity contribution in [1.82, 2.24) is 0 Å². The fraction of sp³-hybridized carbons (Fsp3) is 0.250. The van der Waals surface area contributed by atoms with Crippen LogP contribution < -0.4 is 5.32 Å². The zero-order chi connectivity index (χ0) is 8.55. The minimum atomic E-state index is -0.0652. The minimum absolute atomic E-state index is 0.0598. The second kappa shape index (κ2) is 2.71. The van der Waals surface area contributed by atoms with E-state index in [9.17, 15) is 9.59 Å². The summed E-state index contributed by atoms with van der Waals surface area (Å²) in [6.07, 6.45) is 0.635. The van der Waals surface area contributed by atoms with Crippen molar-refractivity contribution in [3.05, 3.63) is 17.0 Å². The van der Waals surface area contributed by atoms with Crippen LogP contribution >= 0.6 is 11.3 Å². The smallest absolute Gasteiger partial charge is 0.225 e. The highest BCUT2D eigenvalue weighted by Crippen LogP contribution is 2.27. The summed E-state index contributed by atoms with van der Waals surface area (Å²) in [6.45, 7) is 0. The lowest BCUT2D eigenvalue weighted by atomic mass is 10.1. The molecule has 0 aliphatic carbocycles. The minimum Gasteiger partial charge on any atom is -0.317 e. The summed E-state index contributed by atoms with van der Waals surface area (Å²) in [5, 5.41) is 5.20. The molecule has 1 aliphatic heterocycles. The largest absolute Gasteiger partial charge is 0.317 e. The molecule has 0 aromatic carbocycles. The van der Waals surface area contributed by atoms with E-state index in [1.165, 1.54) is 11.3 Å². The molecule has 0 spiro atoms. The highest BCUT2D eigenvalue weighted by atomic mass is 32.1. The first-order valence-electron chi connectivity index (χ1n) is 3.68. The van der Waals surface area contributed by atoms with Crippen molar-refractivity contribution in [2.45, 2.75) is 12.8 Å². The van der Waals surface area contributed by atoms with Crippen molar-refractivity contribution in [2.24, 2.45) is 0 Å². The summed E-state index contributed by atoms with van der Waals surface area (Å²) in [6, 6.07) is 1.76. The normalized spacial score (nSPS) is 16.7. The van der Waals surface area contributed by atoms with Crippen LogP contribution in [0.2, 0.25) is 0 Å². The standard InChI is InChI=1S/C8H7NO2S/c10-6-1-2-7(11)9-8-5(6)3-4-12-8/h3-4H,1-2H2,(H,9,11). The second-order valence-corrected chi connectivity index (χ2v) is 3.55. The summed E-state index contributed by atoms with van der Waals surface area (Å²) in [5.74, 6) is -0.00542. The van der Waals surface area contributed by atoms with Crippen molar-refractivity contribution in [3.63, 3.8) is 0 Å². The van der Waals surface area contributed by atoms with Crippen LogP contribution in [-0.4, -0.2) is 11.7 Å². The number of rotatable bonds is 0. The van der Waals surface area contributed by atoms with Crippen LogP contribution in [0.1, 0.15) is 23.2 Å². The number of carbonyl (C=O) groups is 2. The van der Waals surface area contributed by atoms with Gasteiger partial charge in [-0.2, -0.15) is 0 Å². The van der Waals surface area contributed by atoms with Gasteiger partial charge in [0.25, 0.3) is 0 Å². The van der Waals surface area contributed by atoms with E-state index in [1.54, 1.807) is 6.07 Å². The molecular weight excluding hydrogens is 174 g/mol. The molecule has 0 atom stereocenters. The van der Waals surface area contributed by atoms with Crippen LogP contribution in [0.4, 0.5) is 5.00 Å². The third kappa shape index (κ3) is 1.14. The number of ketones is 1. The first-order chi connectivity index (χ1) is 5.77. The van der Waals surface area contributed by atoms with Crippen LogP contribution in [-0.2, 0) is 4.79 Å². The molecule has 0 unspecified atom stereocenters. The van der Waals surface area contributed by atoms with Crippen molar-refractivity contribution in [1.29, 1.82) is 0 Å². The van der Waals surface area contributed by atoms with Gasteiger partial charge in [0, 0.05) is 12.8 Å². The van der Waals surface area contributed by atoms with E-state index in [2.05, 4.69) is 5.32 Å². The predicted molar refractivity (Wildman–Crippen MR) is 46.5 cm³/mol. The summed E-state index contributed by atoms with van der Waals surface area (Å²) in [5.41, 5.74) is 0.658. The van der Waals surface area contributed by atoms with E-state index in [0.29, 0.717) is 23.4 Å². The number of Topliss-reactive ketones (excluding diaryl/α,β-unsaturated/α-hetero) is 1. The number of anilines is 1. The summed E-state index contributed by atoms with van der Waals surface area (Å²) < 4.78 is 0. The quantitative estimate of drug-likeness (QED) is 0.661. The van der Waals surface area contributed by atoms with Gasteiger partial charge in [0.2, 0.25) is 5.91 Å². The highest BCUT2D eigenvalue weighted by molar-refractivity contribution is 7.14. The van der Waals surface area contributed by atoms with Crippen LogP contribution in [0, 0.1) is 0 Å². The first-order valence-corrected chi connectivity index (χ1v) is 4.56. The number of hydrogen-bond donors (Lipinski definition) is 1. The van der Waals surface area contributed by atoms with Gasteiger partial charge in [-0.25, -0.2) is 0 Å². The first kappa shape index (κ1) is 7.49. The molecule has 2 rings (SSSR count). The molecule has 1 aromatic rings. The molecular formula is C8H7NO2S. The Morgan fingerprint density at radius 2 is 2.17 bits per heavy atom. The number of hydrogen-bond acceptors (Lipinski definition) is 3. The maximum Gasteiger partial charge on any atom is 0.225 e. The number of nitrogens with one attached hydrogen (secondary N) is 1. The van der Waals surface area contributed by atoms with E-state index < -0.39 is 0 Å². The van der Waals surface area contributed by atoms with Crippen molar-refractivity contribution >= 4 is 28.0 Å². The Hall–Kier alpha value is -1.16. The second-order valence-electron chi connectivity index (χ2n) is 2.63. The monoisotopic (exact) mass is 181 g/mol. The number of carbonyl (C=O) groups excluding carboxylic acids is 2.